The average Bonchev–Trinajstić information content (AvgIpc) is 2.19. The number of hydrogen-bond donors (Lipinski definition) is 2. The van der Waals surface area contributed by atoms with E-state index in [1.165, 1.54) is 0 Å². The van der Waals surface area contributed by atoms with E-state index in [-0.39, 0.29) is 0 Å². The summed E-state index contributed by atoms with van der Waals surface area (Å²) in [5, 5.41) is 9.60. The predicted molar refractivity (Wildman–Crippen MR) is 57.8 cm³/mol. The number of benzene rings is 1. The molecule has 3 nitrogen and oxygen atoms in total. The molecule has 80 valence electrons. The van der Waals surface area contributed by atoms with Crippen LogP contribution in [0.15, 0.2) is 18.2 Å². The Bertz CT molecular complexity index is 406. The van der Waals surface area contributed by atoms with Crippen LogP contribution in [0.3, 0.4) is 0 Å². The van der Waals surface area contributed by atoms with E-state index in [4.69, 9.17) is 22.4 Å². The molecule has 0 aliphatic heterocycles. The lowest BCUT2D eigenvalue weighted by atomic mass is 9.80. The average molecular weight is 226 g/mol. The maximum Gasteiger partial charge on any atom is 0.308 e. The molecule has 0 saturated carbocycles. The van der Waals surface area contributed by atoms with Crippen molar-refractivity contribution >= 4 is 17.6 Å². The standard InChI is InChI=1S/C11H12ClNO2/c12-7-3-1-6-2-4-8(11(14)15)10(13)9(6)5-7/h1,3,5,8,10H,2,4,13H2,(H,14,15). The summed E-state index contributed by atoms with van der Waals surface area (Å²) in [6.07, 6.45) is 1.36. The van der Waals surface area contributed by atoms with Gasteiger partial charge in [-0.1, -0.05) is 17.7 Å². The van der Waals surface area contributed by atoms with Gasteiger partial charge in [-0.3, -0.25) is 4.79 Å². The number of hydrogen-bond acceptors (Lipinski definition) is 2. The third-order valence-corrected chi connectivity index (χ3v) is 3.18. The van der Waals surface area contributed by atoms with Gasteiger partial charge in [-0.05, 0) is 36.1 Å². The van der Waals surface area contributed by atoms with Crippen LogP contribution in [0, 0.1) is 5.92 Å². The lowest BCUT2D eigenvalue weighted by Crippen LogP contribution is -2.32. The fourth-order valence-corrected chi connectivity index (χ4v) is 2.27. The molecule has 0 amide bonds. The van der Waals surface area contributed by atoms with E-state index in [1.807, 2.05) is 12.1 Å². The summed E-state index contributed by atoms with van der Waals surface area (Å²) in [6, 6.07) is 5.07. The molecule has 2 rings (SSSR count). The zero-order valence-electron chi connectivity index (χ0n) is 8.11. The number of carbonyl (C=O) groups is 1. The lowest BCUT2D eigenvalue weighted by molar-refractivity contribution is -0.143. The van der Waals surface area contributed by atoms with E-state index < -0.39 is 17.9 Å². The summed E-state index contributed by atoms with van der Waals surface area (Å²) < 4.78 is 0. The van der Waals surface area contributed by atoms with Crippen molar-refractivity contribution in [2.45, 2.75) is 18.9 Å². The van der Waals surface area contributed by atoms with Gasteiger partial charge in [-0.2, -0.15) is 0 Å². The predicted octanol–water partition coefficient (Wildman–Crippen LogP) is 1.99. The van der Waals surface area contributed by atoms with Gasteiger partial charge >= 0.3 is 5.97 Å². The Morgan fingerprint density at radius 2 is 2.27 bits per heavy atom. The molecule has 2 unspecified atom stereocenters. The SMILES string of the molecule is NC1c2cc(Cl)ccc2CCC1C(=O)O. The third-order valence-electron chi connectivity index (χ3n) is 2.94. The van der Waals surface area contributed by atoms with Crippen molar-refractivity contribution in [1.29, 1.82) is 0 Å². The summed E-state index contributed by atoms with van der Waals surface area (Å²) >= 11 is 5.87. The monoisotopic (exact) mass is 225 g/mol. The number of halogens is 1. The minimum atomic E-state index is -0.826. The molecule has 1 aromatic carbocycles. The fraction of sp³-hybridized carbons (Fsp3) is 0.364. The number of carboxylic acid groups (broad SMARTS) is 1. The molecule has 4 heteroatoms. The summed E-state index contributed by atoms with van der Waals surface area (Å²) in [5.74, 6) is -1.32. The summed E-state index contributed by atoms with van der Waals surface area (Å²) in [7, 11) is 0. The maximum atomic E-state index is 10.9. The van der Waals surface area contributed by atoms with Crippen molar-refractivity contribution in [3.05, 3.63) is 34.3 Å². The highest BCUT2D eigenvalue weighted by atomic mass is 35.5. The van der Waals surface area contributed by atoms with Gasteiger partial charge in [0.05, 0.1) is 5.92 Å². The highest BCUT2D eigenvalue weighted by Crippen LogP contribution is 2.34. The van der Waals surface area contributed by atoms with Gasteiger partial charge in [0.25, 0.3) is 0 Å². The second-order valence-corrected chi connectivity index (χ2v) is 4.29. The topological polar surface area (TPSA) is 63.3 Å². The molecule has 2 atom stereocenters. The van der Waals surface area contributed by atoms with Crippen molar-refractivity contribution in [1.82, 2.24) is 0 Å². The van der Waals surface area contributed by atoms with Crippen molar-refractivity contribution in [3.63, 3.8) is 0 Å². The molecule has 0 fully saturated rings. The zero-order valence-corrected chi connectivity index (χ0v) is 8.87. The van der Waals surface area contributed by atoms with Crippen LogP contribution in [0.25, 0.3) is 0 Å². The normalized spacial score (nSPS) is 24.7. The Kier molecular flexibility index (Phi) is 2.67. The van der Waals surface area contributed by atoms with Crippen molar-refractivity contribution in [2.24, 2.45) is 11.7 Å². The number of fused-ring (bicyclic) bond motifs is 1. The quantitative estimate of drug-likeness (QED) is 0.768. The van der Waals surface area contributed by atoms with Crippen LogP contribution in [0.5, 0.6) is 0 Å². The van der Waals surface area contributed by atoms with Crippen molar-refractivity contribution < 1.29 is 9.90 Å². The number of aliphatic carboxylic acids is 1. The van der Waals surface area contributed by atoms with E-state index in [0.29, 0.717) is 11.4 Å². The fourth-order valence-electron chi connectivity index (χ4n) is 2.09. The van der Waals surface area contributed by atoms with Gasteiger partial charge in [0.2, 0.25) is 0 Å². The Hall–Kier alpha value is -1.06. The first kappa shape index (κ1) is 10.5. The molecule has 1 aliphatic carbocycles. The molecule has 0 radical (unpaired) electrons. The first-order valence-electron chi connectivity index (χ1n) is 4.86. The molecule has 3 N–H and O–H groups in total. The Labute approximate surface area is 92.8 Å². The van der Waals surface area contributed by atoms with Crippen LogP contribution in [-0.4, -0.2) is 11.1 Å². The largest absolute Gasteiger partial charge is 0.481 e. The van der Waals surface area contributed by atoms with E-state index >= 15 is 0 Å². The van der Waals surface area contributed by atoms with Crippen LogP contribution in [0.4, 0.5) is 0 Å². The molecule has 0 saturated heterocycles. The Morgan fingerprint density at radius 1 is 1.53 bits per heavy atom. The van der Waals surface area contributed by atoms with Crippen LogP contribution in [0.2, 0.25) is 5.02 Å². The lowest BCUT2D eigenvalue weighted by Gasteiger charge is -2.28. The Balaban J connectivity index is 2.40. The van der Waals surface area contributed by atoms with Crippen molar-refractivity contribution in [3.8, 4) is 0 Å². The molecule has 0 aromatic heterocycles. The van der Waals surface area contributed by atoms with E-state index in [2.05, 4.69) is 0 Å². The third kappa shape index (κ3) is 1.85. The van der Waals surface area contributed by atoms with Gasteiger partial charge in [0.1, 0.15) is 0 Å². The second kappa shape index (κ2) is 3.83. The van der Waals surface area contributed by atoms with Crippen LogP contribution in [-0.2, 0) is 11.2 Å². The molecular weight excluding hydrogens is 214 g/mol. The summed E-state index contributed by atoms with van der Waals surface area (Å²) in [6.45, 7) is 0. The first-order chi connectivity index (χ1) is 7.09. The number of carboxylic acids is 1. The van der Waals surface area contributed by atoms with Crippen LogP contribution >= 0.6 is 11.6 Å². The first-order valence-corrected chi connectivity index (χ1v) is 5.24. The van der Waals surface area contributed by atoms with Gasteiger partial charge < -0.3 is 10.8 Å². The van der Waals surface area contributed by atoms with Crippen molar-refractivity contribution in [2.75, 3.05) is 0 Å². The van der Waals surface area contributed by atoms with Crippen LogP contribution < -0.4 is 5.73 Å². The molecule has 15 heavy (non-hydrogen) atoms. The van der Waals surface area contributed by atoms with Crippen LogP contribution in [0.1, 0.15) is 23.6 Å². The Morgan fingerprint density at radius 3 is 2.93 bits per heavy atom. The van der Waals surface area contributed by atoms with Gasteiger partial charge in [-0.15, -0.1) is 0 Å². The molecule has 1 aromatic rings. The highest BCUT2D eigenvalue weighted by molar-refractivity contribution is 6.30. The van der Waals surface area contributed by atoms with E-state index in [1.54, 1.807) is 6.07 Å². The molecule has 0 bridgehead atoms. The molecule has 0 heterocycles. The molecule has 0 spiro atoms. The zero-order chi connectivity index (χ0) is 11.0. The summed E-state index contributed by atoms with van der Waals surface area (Å²) in [4.78, 5) is 10.9. The minimum Gasteiger partial charge on any atom is -0.481 e. The van der Waals surface area contributed by atoms with E-state index in [9.17, 15) is 4.79 Å². The van der Waals surface area contributed by atoms with Gasteiger partial charge in [0.15, 0.2) is 0 Å². The summed E-state index contributed by atoms with van der Waals surface area (Å²) in [5.41, 5.74) is 7.91. The number of rotatable bonds is 1. The van der Waals surface area contributed by atoms with Gasteiger partial charge in [0, 0.05) is 11.1 Å². The highest BCUT2D eigenvalue weighted by Gasteiger charge is 2.31. The minimum absolute atomic E-state index is 0.440. The smallest absolute Gasteiger partial charge is 0.308 e. The van der Waals surface area contributed by atoms with E-state index in [0.717, 1.165) is 17.5 Å². The van der Waals surface area contributed by atoms with Gasteiger partial charge in [-0.25, -0.2) is 0 Å². The number of nitrogens with two attached hydrogens (primary N) is 1. The molecular formula is C11H12ClNO2. The molecule has 1 aliphatic rings. The number of aryl methyl sites for hydroxylation is 1. The maximum absolute atomic E-state index is 10.9. The second-order valence-electron chi connectivity index (χ2n) is 3.85.